The van der Waals surface area contributed by atoms with Gasteiger partial charge in [0, 0.05) is 12.8 Å². The maximum absolute atomic E-state index is 11.8. The zero-order chi connectivity index (χ0) is 11.3. The van der Waals surface area contributed by atoms with Crippen molar-refractivity contribution in [3.63, 3.8) is 0 Å². The number of Topliss-reactive ketones (excluding diaryl/α,β-unsaturated/α-hetero) is 1. The Balaban J connectivity index is 2.27. The van der Waals surface area contributed by atoms with Crippen LogP contribution in [0.4, 0.5) is 13.2 Å². The number of carbonyl (C=O) groups is 1. The van der Waals surface area contributed by atoms with E-state index >= 15 is 0 Å². The molecule has 0 spiro atoms. The number of hydrogen-bond acceptors (Lipinski definition) is 1. The average Bonchev–Trinajstić information content (AvgIpc) is 2.17. The maximum atomic E-state index is 11.8. The molecule has 0 fully saturated rings. The van der Waals surface area contributed by atoms with E-state index in [4.69, 9.17) is 0 Å². The van der Waals surface area contributed by atoms with Gasteiger partial charge in [0.15, 0.2) is 5.78 Å². The molecule has 0 aromatic carbocycles. The lowest BCUT2D eigenvalue weighted by atomic mass is 9.94. The smallest absolute Gasteiger partial charge is 0.295 e. The van der Waals surface area contributed by atoms with Crippen LogP contribution in [0.1, 0.15) is 44.9 Å². The minimum atomic E-state index is -4.14. The van der Waals surface area contributed by atoms with E-state index in [0.29, 0.717) is 0 Å². The lowest BCUT2D eigenvalue weighted by molar-refractivity contribution is -0.136. The number of hydrogen-bond donors (Lipinski definition) is 0. The summed E-state index contributed by atoms with van der Waals surface area (Å²) in [5, 5.41) is 0. The van der Waals surface area contributed by atoms with Crippen LogP contribution >= 0.6 is 0 Å². The molecule has 1 aliphatic rings. The van der Waals surface area contributed by atoms with Crippen LogP contribution in [0.25, 0.3) is 0 Å². The highest BCUT2D eigenvalue weighted by molar-refractivity contribution is 5.95. The minimum absolute atomic E-state index is 0.0331. The van der Waals surface area contributed by atoms with Crippen LogP contribution in [0.15, 0.2) is 11.6 Å². The van der Waals surface area contributed by atoms with Crippen LogP contribution in [0.5, 0.6) is 0 Å². The zero-order valence-corrected chi connectivity index (χ0v) is 8.57. The Hall–Kier alpha value is -0.800. The van der Waals surface area contributed by atoms with E-state index in [1.807, 2.05) is 6.08 Å². The highest BCUT2D eigenvalue weighted by atomic mass is 19.4. The Bertz CT molecular complexity index is 253. The molecule has 0 radical (unpaired) electrons. The Morgan fingerprint density at radius 2 is 2.07 bits per heavy atom. The number of alkyl halides is 3. The van der Waals surface area contributed by atoms with Gasteiger partial charge in [-0.05, 0) is 37.7 Å². The van der Waals surface area contributed by atoms with Gasteiger partial charge >= 0.3 is 6.18 Å². The molecule has 0 aromatic heterocycles. The molecule has 15 heavy (non-hydrogen) atoms. The lowest BCUT2D eigenvalue weighted by Crippen LogP contribution is -2.10. The maximum Gasteiger partial charge on any atom is 0.389 e. The Labute approximate surface area is 87.4 Å². The normalized spacial score (nSPS) is 17.4. The van der Waals surface area contributed by atoms with Gasteiger partial charge in [-0.2, -0.15) is 13.2 Å². The van der Waals surface area contributed by atoms with Gasteiger partial charge in [0.2, 0.25) is 0 Å². The van der Waals surface area contributed by atoms with Crippen LogP contribution in [-0.4, -0.2) is 12.0 Å². The first kappa shape index (κ1) is 12.3. The van der Waals surface area contributed by atoms with Crippen molar-refractivity contribution < 1.29 is 18.0 Å². The molecule has 0 saturated heterocycles. The van der Waals surface area contributed by atoms with Gasteiger partial charge in [-0.3, -0.25) is 4.79 Å². The third kappa shape index (κ3) is 5.00. The molecule has 86 valence electrons. The van der Waals surface area contributed by atoms with E-state index in [-0.39, 0.29) is 18.6 Å². The second kappa shape index (κ2) is 5.33. The van der Waals surface area contributed by atoms with Gasteiger partial charge < -0.3 is 0 Å². The van der Waals surface area contributed by atoms with Gasteiger partial charge in [-0.15, -0.1) is 0 Å². The van der Waals surface area contributed by atoms with Crippen LogP contribution in [0.2, 0.25) is 0 Å². The number of rotatable bonds is 4. The van der Waals surface area contributed by atoms with Crippen molar-refractivity contribution in [3.8, 4) is 0 Å². The third-order valence-corrected chi connectivity index (χ3v) is 2.51. The molecule has 0 saturated carbocycles. The van der Waals surface area contributed by atoms with Crippen molar-refractivity contribution in [3.05, 3.63) is 11.6 Å². The number of ketones is 1. The molecule has 0 amide bonds. The Morgan fingerprint density at radius 3 is 2.60 bits per heavy atom. The van der Waals surface area contributed by atoms with E-state index in [1.54, 1.807) is 0 Å². The quantitative estimate of drug-likeness (QED) is 0.704. The molecule has 0 unspecified atom stereocenters. The largest absolute Gasteiger partial charge is 0.389 e. The first-order valence-electron chi connectivity index (χ1n) is 5.28. The molecule has 0 atom stereocenters. The molecule has 0 aliphatic heterocycles. The van der Waals surface area contributed by atoms with Crippen molar-refractivity contribution in [2.24, 2.45) is 0 Å². The Kier molecular flexibility index (Phi) is 4.36. The molecule has 0 bridgehead atoms. The monoisotopic (exact) mass is 220 g/mol. The Morgan fingerprint density at radius 1 is 1.33 bits per heavy atom. The van der Waals surface area contributed by atoms with Crippen LogP contribution in [0.3, 0.4) is 0 Å². The average molecular weight is 220 g/mol. The summed E-state index contributed by atoms with van der Waals surface area (Å²) in [5.74, 6) is -0.0982. The minimum Gasteiger partial charge on any atom is -0.295 e. The van der Waals surface area contributed by atoms with Gasteiger partial charge in [0.25, 0.3) is 0 Å². The van der Waals surface area contributed by atoms with E-state index in [1.165, 1.54) is 0 Å². The predicted octanol–water partition coefficient (Wildman–Crippen LogP) is 3.79. The SMILES string of the molecule is O=C(CCCC(F)(F)F)C1=CCCCC1. The van der Waals surface area contributed by atoms with Gasteiger partial charge in [0.05, 0.1) is 0 Å². The summed E-state index contributed by atoms with van der Waals surface area (Å²) in [6, 6.07) is 0. The molecule has 1 aliphatic carbocycles. The molecule has 1 nitrogen and oxygen atoms in total. The summed E-state index contributed by atoms with van der Waals surface area (Å²) in [7, 11) is 0. The topological polar surface area (TPSA) is 17.1 Å². The van der Waals surface area contributed by atoms with Gasteiger partial charge in [-0.25, -0.2) is 0 Å². The number of allylic oxidation sites excluding steroid dienone is 2. The second-order valence-corrected chi connectivity index (χ2v) is 3.87. The zero-order valence-electron chi connectivity index (χ0n) is 8.57. The third-order valence-electron chi connectivity index (χ3n) is 2.51. The summed E-state index contributed by atoms with van der Waals surface area (Å²) in [6.45, 7) is 0. The van der Waals surface area contributed by atoms with E-state index in [0.717, 1.165) is 31.3 Å². The van der Waals surface area contributed by atoms with Crippen molar-refractivity contribution in [2.45, 2.75) is 51.1 Å². The summed E-state index contributed by atoms with van der Waals surface area (Å²) >= 11 is 0. The molecule has 4 heteroatoms. The fraction of sp³-hybridized carbons (Fsp3) is 0.727. The fourth-order valence-electron chi connectivity index (χ4n) is 1.70. The molecule has 0 aromatic rings. The van der Waals surface area contributed by atoms with Crippen molar-refractivity contribution in [1.29, 1.82) is 0 Å². The summed E-state index contributed by atoms with van der Waals surface area (Å²) < 4.78 is 35.5. The number of halogens is 3. The molecular weight excluding hydrogens is 205 g/mol. The van der Waals surface area contributed by atoms with Crippen LogP contribution in [0, 0.1) is 0 Å². The summed E-state index contributed by atoms with van der Waals surface area (Å²) in [6.07, 6.45) is 0.527. The summed E-state index contributed by atoms with van der Waals surface area (Å²) in [5.41, 5.74) is 0.739. The predicted molar refractivity (Wildman–Crippen MR) is 51.5 cm³/mol. The van der Waals surface area contributed by atoms with Crippen molar-refractivity contribution in [2.75, 3.05) is 0 Å². The van der Waals surface area contributed by atoms with Crippen molar-refractivity contribution in [1.82, 2.24) is 0 Å². The first-order chi connectivity index (χ1) is 6.99. The molecule has 1 rings (SSSR count). The molecule has 0 heterocycles. The van der Waals surface area contributed by atoms with Gasteiger partial charge in [-0.1, -0.05) is 6.08 Å². The van der Waals surface area contributed by atoms with Crippen molar-refractivity contribution >= 4 is 5.78 Å². The van der Waals surface area contributed by atoms with Gasteiger partial charge in [0.1, 0.15) is 0 Å². The number of carbonyl (C=O) groups excluding carboxylic acids is 1. The van der Waals surface area contributed by atoms with E-state index < -0.39 is 12.6 Å². The highest BCUT2D eigenvalue weighted by Crippen LogP contribution is 2.24. The summed E-state index contributed by atoms with van der Waals surface area (Å²) in [4.78, 5) is 11.4. The first-order valence-corrected chi connectivity index (χ1v) is 5.28. The molecule has 0 N–H and O–H groups in total. The fourth-order valence-corrected chi connectivity index (χ4v) is 1.70. The standard InChI is InChI=1S/C11H15F3O/c12-11(13,14)8-4-7-10(15)9-5-2-1-3-6-9/h5H,1-4,6-8H2. The van der Waals surface area contributed by atoms with Crippen LogP contribution in [-0.2, 0) is 4.79 Å². The van der Waals surface area contributed by atoms with E-state index in [2.05, 4.69) is 0 Å². The van der Waals surface area contributed by atoms with Crippen LogP contribution < -0.4 is 0 Å². The molecular formula is C11H15F3O. The second-order valence-electron chi connectivity index (χ2n) is 3.87. The highest BCUT2D eigenvalue weighted by Gasteiger charge is 2.26. The van der Waals surface area contributed by atoms with E-state index in [9.17, 15) is 18.0 Å². The lowest BCUT2D eigenvalue weighted by Gasteiger charge is -2.11.